The molecule has 0 unspecified atom stereocenters. The van der Waals surface area contributed by atoms with E-state index in [1.807, 2.05) is 13.0 Å². The molecular weight excluding hydrogens is 470 g/mol. The van der Waals surface area contributed by atoms with Crippen LogP contribution in [0.5, 0.6) is 0 Å². The standard InChI is InChI=1S/C25H26BrN3O3/c1-4-20-28-22-15(2)11-16(3)27-24(22)29(20)13-17-7-8-19-18(12-17)21(26)23(32-19)25(31-14-30)9-5-6-10-25/h7-8,11-12,14H,4-6,9-10,13H2,1-3H3. The molecule has 1 aliphatic rings. The van der Waals surface area contributed by atoms with E-state index in [1.165, 1.54) is 0 Å². The number of pyridine rings is 1. The Morgan fingerprint density at radius 3 is 2.72 bits per heavy atom. The van der Waals surface area contributed by atoms with Crippen molar-refractivity contribution in [3.05, 3.63) is 57.1 Å². The number of rotatable bonds is 6. The monoisotopic (exact) mass is 495 g/mol. The van der Waals surface area contributed by atoms with Crippen LogP contribution in [0.1, 0.15) is 61.0 Å². The lowest BCUT2D eigenvalue weighted by Gasteiger charge is -2.24. The summed E-state index contributed by atoms with van der Waals surface area (Å²) in [6, 6.07) is 8.30. The van der Waals surface area contributed by atoms with Crippen LogP contribution in [0, 0.1) is 13.8 Å². The number of carbonyl (C=O) groups is 1. The fourth-order valence-electron chi connectivity index (χ4n) is 5.01. The van der Waals surface area contributed by atoms with Gasteiger partial charge in [0.15, 0.2) is 17.0 Å². The van der Waals surface area contributed by atoms with E-state index in [9.17, 15) is 4.79 Å². The summed E-state index contributed by atoms with van der Waals surface area (Å²) in [5, 5.41) is 0.987. The minimum absolute atomic E-state index is 0.545. The number of hydrogen-bond acceptors (Lipinski definition) is 5. The van der Waals surface area contributed by atoms with Crippen molar-refractivity contribution in [2.75, 3.05) is 0 Å². The second-order valence-electron chi connectivity index (χ2n) is 8.71. The minimum Gasteiger partial charge on any atom is -0.456 e. The average Bonchev–Trinajstić information content (AvgIpc) is 3.46. The maximum absolute atomic E-state index is 11.2. The van der Waals surface area contributed by atoms with Crippen LogP contribution < -0.4 is 0 Å². The quantitative estimate of drug-likeness (QED) is 0.301. The van der Waals surface area contributed by atoms with E-state index in [4.69, 9.17) is 19.1 Å². The second-order valence-corrected chi connectivity index (χ2v) is 9.50. The normalized spacial score (nSPS) is 15.6. The van der Waals surface area contributed by atoms with Crippen molar-refractivity contribution in [1.82, 2.24) is 14.5 Å². The van der Waals surface area contributed by atoms with E-state index >= 15 is 0 Å². The lowest BCUT2D eigenvalue weighted by Crippen LogP contribution is -2.25. The fourth-order valence-corrected chi connectivity index (χ4v) is 5.76. The summed E-state index contributed by atoms with van der Waals surface area (Å²) >= 11 is 3.75. The van der Waals surface area contributed by atoms with Crippen molar-refractivity contribution >= 4 is 44.5 Å². The van der Waals surface area contributed by atoms with Gasteiger partial charge in [-0.15, -0.1) is 0 Å². The molecule has 0 aliphatic heterocycles. The van der Waals surface area contributed by atoms with E-state index in [-0.39, 0.29) is 0 Å². The summed E-state index contributed by atoms with van der Waals surface area (Å²) in [5.41, 5.74) is 5.29. The van der Waals surface area contributed by atoms with Gasteiger partial charge in [0.2, 0.25) is 0 Å². The van der Waals surface area contributed by atoms with Gasteiger partial charge in [-0.05, 0) is 84.8 Å². The maximum atomic E-state index is 11.2. The zero-order valence-corrected chi connectivity index (χ0v) is 20.2. The van der Waals surface area contributed by atoms with Crippen LogP contribution in [-0.4, -0.2) is 21.0 Å². The summed E-state index contributed by atoms with van der Waals surface area (Å²) in [4.78, 5) is 20.9. The van der Waals surface area contributed by atoms with Crippen molar-refractivity contribution in [3.63, 3.8) is 0 Å². The molecule has 3 aromatic heterocycles. The first-order chi connectivity index (χ1) is 15.5. The maximum Gasteiger partial charge on any atom is 0.294 e. The molecule has 3 heterocycles. The molecule has 0 radical (unpaired) electrons. The first kappa shape index (κ1) is 21.2. The highest BCUT2D eigenvalue weighted by Gasteiger charge is 2.43. The smallest absolute Gasteiger partial charge is 0.294 e. The molecule has 1 fully saturated rings. The highest BCUT2D eigenvalue weighted by molar-refractivity contribution is 9.10. The van der Waals surface area contributed by atoms with E-state index in [2.05, 4.69) is 52.5 Å². The first-order valence-electron chi connectivity index (χ1n) is 11.1. The van der Waals surface area contributed by atoms with Gasteiger partial charge >= 0.3 is 0 Å². The van der Waals surface area contributed by atoms with E-state index in [0.717, 1.165) is 81.4 Å². The number of nitrogens with zero attached hydrogens (tertiary/aromatic N) is 3. The molecule has 0 N–H and O–H groups in total. The van der Waals surface area contributed by atoms with Crippen LogP contribution >= 0.6 is 15.9 Å². The van der Waals surface area contributed by atoms with Gasteiger partial charge < -0.3 is 13.7 Å². The summed E-state index contributed by atoms with van der Waals surface area (Å²) in [6.45, 7) is 7.45. The van der Waals surface area contributed by atoms with Crippen molar-refractivity contribution < 1.29 is 13.9 Å². The third-order valence-corrected chi connectivity index (χ3v) is 7.34. The highest BCUT2D eigenvalue weighted by Crippen LogP contribution is 2.47. The zero-order chi connectivity index (χ0) is 22.5. The Kier molecular flexibility index (Phi) is 5.32. The van der Waals surface area contributed by atoms with Crippen molar-refractivity contribution in [2.45, 2.75) is 65.0 Å². The number of aryl methyl sites for hydroxylation is 3. The van der Waals surface area contributed by atoms with Crippen LogP contribution in [-0.2, 0) is 28.1 Å². The Labute approximate surface area is 195 Å². The molecule has 1 aromatic carbocycles. The Hall–Kier alpha value is -2.67. The molecule has 5 rings (SSSR count). The molecular formula is C25H26BrN3O3. The Bertz CT molecular complexity index is 1330. The molecule has 1 aliphatic carbocycles. The number of furan rings is 1. The van der Waals surface area contributed by atoms with Gasteiger partial charge in [-0.3, -0.25) is 4.79 Å². The summed E-state index contributed by atoms with van der Waals surface area (Å²) in [7, 11) is 0. The molecule has 0 spiro atoms. The molecule has 0 bridgehead atoms. The molecule has 0 amide bonds. The topological polar surface area (TPSA) is 70.2 Å². The SMILES string of the molecule is CCc1nc2c(C)cc(C)nc2n1Cc1ccc2oc(C3(OC=O)CCCC3)c(Br)c2c1. The second kappa shape index (κ2) is 8.03. The van der Waals surface area contributed by atoms with Crippen LogP contribution in [0.15, 0.2) is 33.2 Å². The lowest BCUT2D eigenvalue weighted by atomic mass is 9.98. The number of aromatic nitrogens is 3. The van der Waals surface area contributed by atoms with Crippen LogP contribution in [0.25, 0.3) is 22.1 Å². The number of ether oxygens (including phenoxy) is 1. The Balaban J connectivity index is 1.58. The molecule has 6 nitrogen and oxygen atoms in total. The molecule has 7 heteroatoms. The van der Waals surface area contributed by atoms with Crippen LogP contribution in [0.2, 0.25) is 0 Å². The van der Waals surface area contributed by atoms with Gasteiger partial charge in [0.05, 0.1) is 11.0 Å². The molecule has 32 heavy (non-hydrogen) atoms. The highest BCUT2D eigenvalue weighted by atomic mass is 79.9. The average molecular weight is 496 g/mol. The largest absolute Gasteiger partial charge is 0.456 e. The van der Waals surface area contributed by atoms with Gasteiger partial charge in [0, 0.05) is 17.5 Å². The summed E-state index contributed by atoms with van der Waals surface area (Å²) < 4.78 is 14.9. The van der Waals surface area contributed by atoms with Crippen LogP contribution in [0.3, 0.4) is 0 Å². The zero-order valence-electron chi connectivity index (χ0n) is 18.6. The lowest BCUT2D eigenvalue weighted by molar-refractivity contribution is -0.146. The van der Waals surface area contributed by atoms with Gasteiger partial charge in [-0.2, -0.15) is 0 Å². The van der Waals surface area contributed by atoms with Crippen LogP contribution in [0.4, 0.5) is 0 Å². The van der Waals surface area contributed by atoms with Gasteiger partial charge in [0.1, 0.15) is 16.9 Å². The number of imidazole rings is 1. The molecule has 0 saturated heterocycles. The van der Waals surface area contributed by atoms with Gasteiger partial charge in [0.25, 0.3) is 6.47 Å². The first-order valence-corrected chi connectivity index (χ1v) is 11.9. The molecule has 1 saturated carbocycles. The third-order valence-electron chi connectivity index (χ3n) is 6.55. The van der Waals surface area contributed by atoms with E-state index in [0.29, 0.717) is 18.8 Å². The summed E-state index contributed by atoms with van der Waals surface area (Å²) in [5.74, 6) is 1.74. The predicted octanol–water partition coefficient (Wildman–Crippen LogP) is 6.11. The van der Waals surface area contributed by atoms with Crippen molar-refractivity contribution in [3.8, 4) is 0 Å². The minimum atomic E-state index is -0.672. The number of benzene rings is 1. The van der Waals surface area contributed by atoms with Gasteiger partial charge in [-0.1, -0.05) is 13.0 Å². The van der Waals surface area contributed by atoms with Gasteiger partial charge in [-0.25, -0.2) is 9.97 Å². The predicted molar refractivity (Wildman–Crippen MR) is 127 cm³/mol. The Morgan fingerprint density at radius 1 is 1.22 bits per heavy atom. The number of fused-ring (bicyclic) bond motifs is 2. The number of halogens is 1. The van der Waals surface area contributed by atoms with Crippen molar-refractivity contribution in [2.24, 2.45) is 0 Å². The Morgan fingerprint density at radius 2 is 2.00 bits per heavy atom. The molecule has 4 aromatic rings. The summed E-state index contributed by atoms with van der Waals surface area (Å²) in [6.07, 6.45) is 4.43. The molecule has 0 atom stereocenters. The third kappa shape index (κ3) is 3.34. The molecule has 166 valence electrons. The number of carbonyl (C=O) groups excluding carboxylic acids is 1. The number of hydrogen-bond donors (Lipinski definition) is 0. The van der Waals surface area contributed by atoms with E-state index in [1.54, 1.807) is 0 Å². The van der Waals surface area contributed by atoms with Crippen molar-refractivity contribution in [1.29, 1.82) is 0 Å². The fraction of sp³-hybridized carbons (Fsp3) is 0.400. The van der Waals surface area contributed by atoms with E-state index < -0.39 is 5.60 Å².